The molecule has 3 aliphatic rings. The fraction of sp³-hybridized carbons (Fsp3) is 0.214. The lowest BCUT2D eigenvalue weighted by atomic mass is 9.77. The molecule has 2 saturated heterocycles. The van der Waals surface area contributed by atoms with Gasteiger partial charge in [-0.1, -0.05) is 54.6 Å². The van der Waals surface area contributed by atoms with Gasteiger partial charge in [-0.25, -0.2) is 4.90 Å². The van der Waals surface area contributed by atoms with Crippen LogP contribution >= 0.6 is 0 Å². The van der Waals surface area contributed by atoms with E-state index in [9.17, 15) is 19.2 Å². The molecule has 3 aromatic rings. The highest BCUT2D eigenvalue weighted by Gasteiger charge is 2.74. The van der Waals surface area contributed by atoms with E-state index in [2.05, 4.69) is 0 Å². The number of hydrogen-bond donors (Lipinski definition) is 0. The number of anilines is 1. The quantitative estimate of drug-likeness (QED) is 0.414. The van der Waals surface area contributed by atoms with Gasteiger partial charge in [-0.05, 0) is 17.7 Å². The van der Waals surface area contributed by atoms with E-state index in [0.717, 1.165) is 4.90 Å². The fourth-order valence-corrected chi connectivity index (χ4v) is 5.67. The maximum atomic E-state index is 14.1. The summed E-state index contributed by atoms with van der Waals surface area (Å²) in [6.07, 6.45) is -0.975. The van der Waals surface area contributed by atoms with Crippen molar-refractivity contribution in [1.82, 2.24) is 0 Å². The minimum Gasteiger partial charge on any atom is -0.497 e. The van der Waals surface area contributed by atoms with Crippen molar-refractivity contribution < 1.29 is 33.4 Å². The van der Waals surface area contributed by atoms with Crippen LogP contribution in [-0.4, -0.2) is 43.2 Å². The minimum absolute atomic E-state index is 0.179. The van der Waals surface area contributed by atoms with Crippen LogP contribution in [0.2, 0.25) is 0 Å². The maximum absolute atomic E-state index is 14.1. The topological polar surface area (TPSA) is 99.2 Å². The number of carbonyl (C=O) groups excluding carboxylic acids is 4. The Balaban J connectivity index is 1.56. The monoisotopic (exact) mass is 483 g/mol. The van der Waals surface area contributed by atoms with E-state index in [1.165, 1.54) is 20.3 Å². The molecule has 2 heterocycles. The number of amides is 2. The van der Waals surface area contributed by atoms with Crippen molar-refractivity contribution in [2.75, 3.05) is 19.1 Å². The molecule has 0 bridgehead atoms. The summed E-state index contributed by atoms with van der Waals surface area (Å²) in [6, 6.07) is 20.0. The van der Waals surface area contributed by atoms with E-state index in [-0.39, 0.29) is 22.6 Å². The number of Topliss-reactive ketones (excluding diaryl/α,β-unsaturated/α-hetero) is 2. The van der Waals surface area contributed by atoms with Crippen LogP contribution in [0.4, 0.5) is 5.69 Å². The van der Waals surface area contributed by atoms with E-state index >= 15 is 0 Å². The first kappa shape index (κ1) is 22.2. The molecule has 180 valence electrons. The highest BCUT2D eigenvalue weighted by Crippen LogP contribution is 2.58. The number of hydrogen-bond acceptors (Lipinski definition) is 7. The van der Waals surface area contributed by atoms with Crippen molar-refractivity contribution in [3.8, 4) is 11.5 Å². The molecular formula is C28H21NO7. The second kappa shape index (κ2) is 7.86. The van der Waals surface area contributed by atoms with Gasteiger partial charge in [0.1, 0.15) is 11.5 Å². The predicted molar refractivity (Wildman–Crippen MR) is 127 cm³/mol. The molecule has 8 heteroatoms. The largest absolute Gasteiger partial charge is 0.497 e. The summed E-state index contributed by atoms with van der Waals surface area (Å²) in [7, 11) is 2.89. The number of rotatable bonds is 4. The zero-order valence-corrected chi connectivity index (χ0v) is 19.5. The number of ketones is 2. The van der Waals surface area contributed by atoms with Crippen LogP contribution in [-0.2, 0) is 14.3 Å². The van der Waals surface area contributed by atoms with E-state index in [1.807, 2.05) is 6.07 Å². The number of ether oxygens (including phenoxy) is 3. The fourth-order valence-electron chi connectivity index (χ4n) is 5.67. The summed E-state index contributed by atoms with van der Waals surface area (Å²) in [5, 5.41) is 0. The predicted octanol–water partition coefficient (Wildman–Crippen LogP) is 3.40. The normalized spacial score (nSPS) is 23.8. The van der Waals surface area contributed by atoms with Gasteiger partial charge in [0.05, 0.1) is 37.8 Å². The van der Waals surface area contributed by atoms with Gasteiger partial charge < -0.3 is 14.2 Å². The molecule has 2 aliphatic heterocycles. The average Bonchev–Trinajstić information content (AvgIpc) is 3.48. The molecule has 1 aliphatic carbocycles. The van der Waals surface area contributed by atoms with Crippen LogP contribution in [0.25, 0.3) is 0 Å². The molecule has 6 rings (SSSR count). The Morgan fingerprint density at radius 3 is 2.03 bits per heavy atom. The van der Waals surface area contributed by atoms with Crippen LogP contribution in [0.15, 0.2) is 72.8 Å². The Bertz CT molecular complexity index is 1410. The molecule has 2 amide bonds. The van der Waals surface area contributed by atoms with Crippen LogP contribution < -0.4 is 14.4 Å². The maximum Gasteiger partial charge on any atom is 0.241 e. The Kier molecular flexibility index (Phi) is 4.84. The molecule has 0 N–H and O–H groups in total. The van der Waals surface area contributed by atoms with E-state index in [1.54, 1.807) is 60.7 Å². The Hall–Kier alpha value is -4.30. The number of benzene rings is 3. The van der Waals surface area contributed by atoms with Gasteiger partial charge in [0, 0.05) is 17.2 Å². The van der Waals surface area contributed by atoms with Crippen LogP contribution in [0.5, 0.6) is 11.5 Å². The van der Waals surface area contributed by atoms with E-state index in [0.29, 0.717) is 11.3 Å². The highest BCUT2D eigenvalue weighted by molar-refractivity contribution is 6.37. The Labute approximate surface area is 206 Å². The average molecular weight is 483 g/mol. The lowest BCUT2D eigenvalue weighted by molar-refractivity contribution is -0.127. The van der Waals surface area contributed by atoms with Gasteiger partial charge in [-0.2, -0.15) is 0 Å². The van der Waals surface area contributed by atoms with Crippen molar-refractivity contribution in [1.29, 1.82) is 0 Å². The molecule has 0 aromatic heterocycles. The number of nitrogens with zero attached hydrogens (tertiary/aromatic N) is 1. The summed E-state index contributed by atoms with van der Waals surface area (Å²) in [5.74, 6) is -4.19. The van der Waals surface area contributed by atoms with Gasteiger partial charge in [0.2, 0.25) is 29.0 Å². The second-order valence-corrected chi connectivity index (χ2v) is 8.94. The van der Waals surface area contributed by atoms with Crippen molar-refractivity contribution in [2.24, 2.45) is 11.8 Å². The van der Waals surface area contributed by atoms with Gasteiger partial charge in [-0.15, -0.1) is 0 Å². The molecule has 3 atom stereocenters. The van der Waals surface area contributed by atoms with Crippen molar-refractivity contribution in [2.45, 2.75) is 11.7 Å². The molecule has 8 nitrogen and oxygen atoms in total. The molecule has 0 saturated carbocycles. The zero-order valence-electron chi connectivity index (χ0n) is 19.5. The third kappa shape index (κ3) is 2.73. The first-order valence-electron chi connectivity index (χ1n) is 11.4. The lowest BCUT2D eigenvalue weighted by Crippen LogP contribution is -2.51. The number of imide groups is 1. The first-order valence-corrected chi connectivity index (χ1v) is 11.4. The number of fused-ring (bicyclic) bond motifs is 3. The smallest absolute Gasteiger partial charge is 0.241 e. The van der Waals surface area contributed by atoms with Gasteiger partial charge in [-0.3, -0.25) is 19.2 Å². The van der Waals surface area contributed by atoms with Crippen LogP contribution in [0, 0.1) is 11.8 Å². The van der Waals surface area contributed by atoms with Crippen molar-refractivity contribution >= 4 is 29.1 Å². The SMILES string of the molecule is COc1ccc(OC)c(N2C(=O)C3C(c4ccccc4)OC4(C(=O)c5ccccc5C4=O)C3C2=O)c1. The number of methoxy groups -OCH3 is 2. The summed E-state index contributed by atoms with van der Waals surface area (Å²) >= 11 is 0. The summed E-state index contributed by atoms with van der Waals surface area (Å²) in [4.78, 5) is 56.6. The summed E-state index contributed by atoms with van der Waals surface area (Å²) in [5.41, 5.74) is -0.969. The highest BCUT2D eigenvalue weighted by atomic mass is 16.5. The van der Waals surface area contributed by atoms with Gasteiger partial charge in [0.25, 0.3) is 0 Å². The molecule has 2 fully saturated rings. The molecule has 3 unspecified atom stereocenters. The standard InChI is InChI=1S/C28H21NO7/c1-34-16-12-13-20(35-2)19(14-16)29-26(32)21-22(27(29)33)28(36-23(21)15-8-4-3-5-9-15)24(30)17-10-6-7-11-18(17)25(28)31/h3-14,21-23H,1-2H3. The molecule has 1 spiro atoms. The third-order valence-electron chi connectivity index (χ3n) is 7.27. The summed E-state index contributed by atoms with van der Waals surface area (Å²) in [6.45, 7) is 0. The minimum atomic E-state index is -2.12. The van der Waals surface area contributed by atoms with Gasteiger partial charge in [0.15, 0.2) is 0 Å². The number of carbonyl (C=O) groups is 4. The summed E-state index contributed by atoms with van der Waals surface area (Å²) < 4.78 is 17.0. The second-order valence-electron chi connectivity index (χ2n) is 8.94. The Morgan fingerprint density at radius 1 is 0.778 bits per heavy atom. The van der Waals surface area contributed by atoms with E-state index < -0.39 is 46.9 Å². The van der Waals surface area contributed by atoms with Crippen LogP contribution in [0.1, 0.15) is 32.4 Å². The van der Waals surface area contributed by atoms with Crippen LogP contribution in [0.3, 0.4) is 0 Å². The lowest BCUT2D eigenvalue weighted by Gasteiger charge is -2.27. The molecule has 0 radical (unpaired) electrons. The first-order chi connectivity index (χ1) is 17.4. The van der Waals surface area contributed by atoms with E-state index in [4.69, 9.17) is 14.2 Å². The zero-order chi connectivity index (χ0) is 25.2. The van der Waals surface area contributed by atoms with Gasteiger partial charge >= 0.3 is 0 Å². The third-order valence-corrected chi connectivity index (χ3v) is 7.27. The Morgan fingerprint density at radius 2 is 1.42 bits per heavy atom. The molecular weight excluding hydrogens is 462 g/mol. The molecule has 3 aromatic carbocycles. The van der Waals surface area contributed by atoms with Crippen molar-refractivity contribution in [3.05, 3.63) is 89.5 Å². The molecule has 36 heavy (non-hydrogen) atoms. The van der Waals surface area contributed by atoms with Crippen molar-refractivity contribution in [3.63, 3.8) is 0 Å².